The molecule has 156 valence electrons. The molecule has 1 heterocycles. The van der Waals surface area contributed by atoms with E-state index in [2.05, 4.69) is 4.74 Å². The maximum absolute atomic E-state index is 13.0. The molecule has 0 aliphatic carbocycles. The second-order valence-electron chi connectivity index (χ2n) is 5.96. The number of carbonyl (C=O) groups is 2. The number of hydrogen-bond donors (Lipinski definition) is 0. The smallest absolute Gasteiger partial charge is 0.343 e. The average Bonchev–Trinajstić information content (AvgIpc) is 3.05. The Morgan fingerprint density at radius 1 is 1.10 bits per heavy atom. The first-order valence-electron chi connectivity index (χ1n) is 8.77. The van der Waals surface area contributed by atoms with Crippen LogP contribution in [0.4, 0.5) is 5.69 Å². The minimum Gasteiger partial charge on any atom is -0.497 e. The fourth-order valence-corrected chi connectivity index (χ4v) is 4.00. The van der Waals surface area contributed by atoms with Gasteiger partial charge in [-0.2, -0.15) is 0 Å². The number of ether oxygens (including phenoxy) is 4. The summed E-state index contributed by atoms with van der Waals surface area (Å²) in [6, 6.07) is 12.3. The van der Waals surface area contributed by atoms with E-state index in [1.165, 1.54) is 30.9 Å². The van der Waals surface area contributed by atoms with Crippen LogP contribution >= 0.6 is 24.0 Å². The van der Waals surface area contributed by atoms with E-state index in [1.54, 1.807) is 55.7 Å². The van der Waals surface area contributed by atoms with Gasteiger partial charge in [-0.15, -0.1) is 0 Å². The van der Waals surface area contributed by atoms with Crippen LogP contribution in [0.25, 0.3) is 6.08 Å². The molecule has 30 heavy (non-hydrogen) atoms. The molecule has 9 heteroatoms. The molecule has 1 amide bonds. The Bertz CT molecular complexity index is 1000. The molecule has 1 fully saturated rings. The first-order chi connectivity index (χ1) is 14.5. The second kappa shape index (κ2) is 9.64. The third-order valence-electron chi connectivity index (χ3n) is 4.20. The van der Waals surface area contributed by atoms with Crippen molar-refractivity contribution in [3.05, 3.63) is 52.9 Å². The standard InChI is InChI=1S/C21H19NO6S2/c1-25-15-9-7-14(8-10-15)22-20(24)17(30-21(22)29)11-13-5-4-6-16(26-2)19(13)28-12-18(23)27-3/h4-11H,12H2,1-3H3/b17-11-. The topological polar surface area (TPSA) is 74.3 Å². The van der Waals surface area contributed by atoms with Crippen molar-refractivity contribution in [2.24, 2.45) is 0 Å². The zero-order valence-corrected chi connectivity index (χ0v) is 18.2. The maximum Gasteiger partial charge on any atom is 0.343 e. The van der Waals surface area contributed by atoms with Gasteiger partial charge in [0.25, 0.3) is 5.91 Å². The summed E-state index contributed by atoms with van der Waals surface area (Å²) in [4.78, 5) is 26.4. The number of para-hydroxylation sites is 1. The molecular weight excluding hydrogens is 426 g/mol. The van der Waals surface area contributed by atoms with Gasteiger partial charge in [0.05, 0.1) is 31.9 Å². The molecule has 0 radical (unpaired) electrons. The number of nitrogens with zero attached hydrogens (tertiary/aromatic N) is 1. The van der Waals surface area contributed by atoms with E-state index in [9.17, 15) is 9.59 Å². The van der Waals surface area contributed by atoms with E-state index in [0.717, 1.165) is 0 Å². The van der Waals surface area contributed by atoms with E-state index in [-0.39, 0.29) is 12.5 Å². The lowest BCUT2D eigenvalue weighted by atomic mass is 10.1. The molecule has 0 saturated carbocycles. The Labute approximate surface area is 183 Å². The molecule has 0 N–H and O–H groups in total. The minimum absolute atomic E-state index is 0.253. The lowest BCUT2D eigenvalue weighted by Gasteiger charge is -2.15. The molecule has 2 aromatic carbocycles. The minimum atomic E-state index is -0.530. The summed E-state index contributed by atoms with van der Waals surface area (Å²) >= 11 is 6.60. The van der Waals surface area contributed by atoms with E-state index >= 15 is 0 Å². The predicted octanol–water partition coefficient (Wildman–Crippen LogP) is 3.66. The monoisotopic (exact) mass is 445 g/mol. The van der Waals surface area contributed by atoms with Crippen LogP contribution < -0.4 is 19.1 Å². The largest absolute Gasteiger partial charge is 0.497 e. The van der Waals surface area contributed by atoms with E-state index in [1.807, 2.05) is 0 Å². The fraction of sp³-hybridized carbons (Fsp3) is 0.190. The van der Waals surface area contributed by atoms with Gasteiger partial charge in [0.1, 0.15) is 5.75 Å². The van der Waals surface area contributed by atoms with Gasteiger partial charge in [-0.05, 0) is 36.4 Å². The molecule has 0 unspecified atom stereocenters. The molecule has 0 bridgehead atoms. The zero-order chi connectivity index (χ0) is 21.7. The Kier molecular flexibility index (Phi) is 6.96. The Balaban J connectivity index is 1.92. The first kappa shape index (κ1) is 21.7. The number of amides is 1. The Hall–Kier alpha value is -3.04. The molecule has 0 spiro atoms. The van der Waals surface area contributed by atoms with Crippen LogP contribution in [0.3, 0.4) is 0 Å². The molecule has 7 nitrogen and oxygen atoms in total. The molecule has 1 saturated heterocycles. The van der Waals surface area contributed by atoms with Crippen LogP contribution in [0.1, 0.15) is 5.56 Å². The summed E-state index contributed by atoms with van der Waals surface area (Å²) < 4.78 is 21.1. The van der Waals surface area contributed by atoms with E-state index in [0.29, 0.717) is 37.7 Å². The van der Waals surface area contributed by atoms with Crippen molar-refractivity contribution >= 4 is 51.9 Å². The number of methoxy groups -OCH3 is 3. The number of thiocarbonyl (C=S) groups is 1. The number of thioether (sulfide) groups is 1. The molecule has 0 atom stereocenters. The summed E-state index contributed by atoms with van der Waals surface area (Å²) in [5, 5.41) is 0. The summed E-state index contributed by atoms with van der Waals surface area (Å²) in [7, 11) is 4.35. The highest BCUT2D eigenvalue weighted by molar-refractivity contribution is 8.27. The Morgan fingerprint density at radius 2 is 1.83 bits per heavy atom. The van der Waals surface area contributed by atoms with Gasteiger partial charge in [0.2, 0.25) is 0 Å². The van der Waals surface area contributed by atoms with Crippen LogP contribution in [-0.4, -0.2) is 44.1 Å². The predicted molar refractivity (Wildman–Crippen MR) is 119 cm³/mol. The van der Waals surface area contributed by atoms with Gasteiger partial charge in [-0.1, -0.05) is 36.1 Å². The molecular formula is C21H19NO6S2. The van der Waals surface area contributed by atoms with Gasteiger partial charge < -0.3 is 18.9 Å². The number of benzene rings is 2. The van der Waals surface area contributed by atoms with Crippen LogP contribution in [0, 0.1) is 0 Å². The van der Waals surface area contributed by atoms with Gasteiger partial charge in [-0.25, -0.2) is 4.79 Å². The van der Waals surface area contributed by atoms with E-state index < -0.39 is 5.97 Å². The van der Waals surface area contributed by atoms with Crippen LogP contribution in [0.5, 0.6) is 17.2 Å². The van der Waals surface area contributed by atoms with Crippen LogP contribution in [0.15, 0.2) is 47.4 Å². The summed E-state index contributed by atoms with van der Waals surface area (Å²) in [5.74, 6) is 0.663. The second-order valence-corrected chi connectivity index (χ2v) is 7.63. The number of rotatable bonds is 7. The van der Waals surface area contributed by atoms with Crippen LogP contribution in [-0.2, 0) is 14.3 Å². The highest BCUT2D eigenvalue weighted by Gasteiger charge is 2.33. The highest BCUT2D eigenvalue weighted by atomic mass is 32.2. The van der Waals surface area contributed by atoms with Crippen molar-refractivity contribution in [1.82, 2.24) is 0 Å². The van der Waals surface area contributed by atoms with Crippen molar-refractivity contribution in [3.8, 4) is 17.2 Å². The van der Waals surface area contributed by atoms with Crippen molar-refractivity contribution < 1.29 is 28.5 Å². The number of esters is 1. The quantitative estimate of drug-likeness (QED) is 0.363. The lowest BCUT2D eigenvalue weighted by Crippen LogP contribution is -2.27. The molecule has 3 rings (SSSR count). The van der Waals surface area contributed by atoms with Gasteiger partial charge in [0, 0.05) is 5.56 Å². The third-order valence-corrected chi connectivity index (χ3v) is 5.50. The normalized spacial score (nSPS) is 14.8. The van der Waals surface area contributed by atoms with Crippen molar-refractivity contribution in [3.63, 3.8) is 0 Å². The summed E-state index contributed by atoms with van der Waals surface area (Å²) in [6.07, 6.45) is 1.66. The number of hydrogen-bond acceptors (Lipinski definition) is 8. The lowest BCUT2D eigenvalue weighted by molar-refractivity contribution is -0.142. The van der Waals surface area contributed by atoms with Crippen molar-refractivity contribution in [2.45, 2.75) is 0 Å². The molecule has 1 aliphatic heterocycles. The van der Waals surface area contributed by atoms with Gasteiger partial charge in [-0.3, -0.25) is 9.69 Å². The highest BCUT2D eigenvalue weighted by Crippen LogP contribution is 2.39. The first-order valence-corrected chi connectivity index (χ1v) is 9.99. The maximum atomic E-state index is 13.0. The fourth-order valence-electron chi connectivity index (χ4n) is 2.71. The van der Waals surface area contributed by atoms with Crippen molar-refractivity contribution in [2.75, 3.05) is 32.8 Å². The third kappa shape index (κ3) is 4.58. The molecule has 0 aromatic heterocycles. The van der Waals surface area contributed by atoms with Crippen LogP contribution in [0.2, 0.25) is 0 Å². The van der Waals surface area contributed by atoms with Crippen molar-refractivity contribution in [1.29, 1.82) is 0 Å². The van der Waals surface area contributed by atoms with Gasteiger partial charge in [0.15, 0.2) is 22.4 Å². The SMILES string of the molecule is COC(=O)COc1c(/C=C2\SC(=S)N(c3ccc(OC)cc3)C2=O)cccc1OC. The Morgan fingerprint density at radius 3 is 2.47 bits per heavy atom. The number of carbonyl (C=O) groups excluding carboxylic acids is 2. The summed E-state index contributed by atoms with van der Waals surface area (Å²) in [5.41, 5.74) is 1.22. The average molecular weight is 446 g/mol. The molecule has 1 aliphatic rings. The molecule has 2 aromatic rings. The zero-order valence-electron chi connectivity index (χ0n) is 16.5. The number of anilines is 1. The van der Waals surface area contributed by atoms with E-state index in [4.69, 9.17) is 26.4 Å². The van der Waals surface area contributed by atoms with Gasteiger partial charge >= 0.3 is 5.97 Å². The summed E-state index contributed by atoms with van der Waals surface area (Å²) in [6.45, 7) is -0.287.